The van der Waals surface area contributed by atoms with E-state index < -0.39 is 31.7 Å². The molecule has 2 saturated carbocycles. The van der Waals surface area contributed by atoms with Crippen LogP contribution in [0.4, 0.5) is 8.78 Å². The zero-order chi connectivity index (χ0) is 46.3. The summed E-state index contributed by atoms with van der Waals surface area (Å²) in [7, 11) is -2.01. The van der Waals surface area contributed by atoms with Crippen LogP contribution in [-0.2, 0) is 17.3 Å². The van der Waals surface area contributed by atoms with Crippen LogP contribution in [0.15, 0.2) is 121 Å². The van der Waals surface area contributed by atoms with Crippen molar-refractivity contribution in [1.82, 2.24) is 29.5 Å². The molecule has 0 aliphatic heterocycles. The van der Waals surface area contributed by atoms with Gasteiger partial charge in [0.05, 0.1) is 70.0 Å². The highest BCUT2D eigenvalue weighted by Crippen LogP contribution is 2.61. The molecule has 3 N–H and O–H groups in total. The predicted octanol–water partition coefficient (Wildman–Crippen LogP) is 10.6. The number of nitrogens with zero attached hydrogens (tertiary/aromatic N) is 6. The molecular weight excluding hydrogens is 851 g/mol. The molecule has 4 heterocycles. The summed E-state index contributed by atoms with van der Waals surface area (Å²) in [6, 6.07) is 27.1. The molecule has 13 heteroatoms. The Morgan fingerprint density at radius 1 is 0.712 bits per heavy atom. The standard InChI is InChI=1S/C30H38FN3O2Si.C23H22FN3O2/c1-5-37(6-2,7-3)36-30(20-28(35)26-10-8-9-17-32-26)16-15-23-18-27-22(19-29(23,30)4)21-33-34(27)25-13-11-24(31)12-14-25;24-18-6-8-19(9-7-18)27-21-11-16-4-5-17(23(16,29)13-15(21)14-26-27)12-22(28)20-3-1-2-10-25-20/h8-14,17-18,21,28,35H,5-7,15-16,19-20H2,1-4H3;1-3,6-11,14,17,22,28-29H,4-5,12-13H2/t28-,29-,30+;17-,22-,23+/m00/s1. The molecule has 4 aliphatic rings. The van der Waals surface area contributed by atoms with Crippen LogP contribution >= 0.6 is 0 Å². The zero-order valence-corrected chi connectivity index (χ0v) is 39.2. The number of pyridine rings is 2. The number of aliphatic hydroxyl groups excluding tert-OH is 2. The molecular formula is C53H60F2N6O4Si. The quantitative estimate of drug-likeness (QED) is 0.0977. The third-order valence-corrected chi connectivity index (χ3v) is 20.2. The van der Waals surface area contributed by atoms with Crippen LogP contribution in [0.25, 0.3) is 23.5 Å². The summed E-state index contributed by atoms with van der Waals surface area (Å²) in [5.41, 5.74) is 7.69. The summed E-state index contributed by atoms with van der Waals surface area (Å²) in [6.07, 6.45) is 15.7. The van der Waals surface area contributed by atoms with Crippen LogP contribution in [-0.4, -0.2) is 64.4 Å². The number of rotatable bonds is 13. The summed E-state index contributed by atoms with van der Waals surface area (Å²) in [6.45, 7) is 9.13. The second-order valence-corrected chi connectivity index (χ2v) is 23.6. The van der Waals surface area contributed by atoms with Crippen molar-refractivity contribution in [1.29, 1.82) is 0 Å². The molecule has 66 heavy (non-hydrogen) atoms. The number of halogens is 2. The largest absolute Gasteiger partial charge is 0.410 e. The van der Waals surface area contributed by atoms with E-state index >= 15 is 0 Å². The average Bonchev–Trinajstić information content (AvgIpc) is 4.09. The second-order valence-electron chi connectivity index (χ2n) is 18.9. The van der Waals surface area contributed by atoms with Crippen molar-refractivity contribution < 1.29 is 28.5 Å². The van der Waals surface area contributed by atoms with E-state index in [0.29, 0.717) is 30.7 Å². The van der Waals surface area contributed by atoms with Gasteiger partial charge in [0.2, 0.25) is 0 Å². The molecule has 4 aliphatic carbocycles. The van der Waals surface area contributed by atoms with Crippen molar-refractivity contribution in [2.45, 2.75) is 121 Å². The number of hydrogen-bond acceptors (Lipinski definition) is 8. The molecule has 0 radical (unpaired) electrons. The van der Waals surface area contributed by atoms with Crippen LogP contribution in [0.1, 0.15) is 112 Å². The lowest BCUT2D eigenvalue weighted by molar-refractivity contribution is -0.0622. The van der Waals surface area contributed by atoms with E-state index in [-0.39, 0.29) is 23.0 Å². The number of aromatic nitrogens is 6. The molecule has 10 rings (SSSR count). The van der Waals surface area contributed by atoms with E-state index in [9.17, 15) is 24.1 Å². The van der Waals surface area contributed by atoms with Crippen molar-refractivity contribution in [2.75, 3.05) is 0 Å². The Morgan fingerprint density at radius 2 is 1.24 bits per heavy atom. The molecule has 0 unspecified atom stereocenters. The van der Waals surface area contributed by atoms with Gasteiger partial charge in [0.1, 0.15) is 11.6 Å². The van der Waals surface area contributed by atoms with Gasteiger partial charge in [0, 0.05) is 36.2 Å². The smallest absolute Gasteiger partial charge is 0.192 e. The topological polar surface area (TPSA) is 131 Å². The zero-order valence-electron chi connectivity index (χ0n) is 38.2. The van der Waals surface area contributed by atoms with Gasteiger partial charge < -0.3 is 19.7 Å². The third-order valence-electron chi connectivity index (χ3n) is 15.5. The highest BCUT2D eigenvalue weighted by atomic mass is 28.4. The van der Waals surface area contributed by atoms with Crippen LogP contribution in [0.3, 0.4) is 0 Å². The maximum atomic E-state index is 13.6. The molecule has 6 atom stereocenters. The van der Waals surface area contributed by atoms with E-state index in [1.54, 1.807) is 47.5 Å². The minimum absolute atomic E-state index is 0.0481. The SMILES string of the molecule is CC[Si](CC)(CC)O[C@@]1(C[C@H](O)c2ccccn2)CCC2=Cc3c(cnn3-c3ccc(F)cc3)C[C@@]21C.O[C@@H](C[C@@H]1CCC2=Cc3c(cnn3-c3ccc(F)cc3)C[C@@]21O)c1ccccn1. The summed E-state index contributed by atoms with van der Waals surface area (Å²) in [5, 5.41) is 42.8. The summed E-state index contributed by atoms with van der Waals surface area (Å²) >= 11 is 0. The maximum Gasteiger partial charge on any atom is 0.192 e. The van der Waals surface area contributed by atoms with Gasteiger partial charge in [-0.1, -0.05) is 45.4 Å². The monoisotopic (exact) mass is 910 g/mol. The van der Waals surface area contributed by atoms with E-state index in [0.717, 1.165) is 89.7 Å². The fourth-order valence-electron chi connectivity index (χ4n) is 11.3. The Morgan fingerprint density at radius 3 is 1.77 bits per heavy atom. The minimum atomic E-state index is -2.01. The number of hydrogen-bond donors (Lipinski definition) is 3. The van der Waals surface area contributed by atoms with Crippen molar-refractivity contribution in [3.63, 3.8) is 0 Å². The van der Waals surface area contributed by atoms with Crippen molar-refractivity contribution in [3.05, 3.63) is 166 Å². The number of benzene rings is 2. The molecule has 344 valence electrons. The van der Waals surface area contributed by atoms with Gasteiger partial charge in [0.15, 0.2) is 8.32 Å². The maximum absolute atomic E-state index is 13.6. The molecule has 2 fully saturated rings. The first-order valence-corrected chi connectivity index (χ1v) is 26.0. The van der Waals surface area contributed by atoms with Gasteiger partial charge in [-0.3, -0.25) is 9.97 Å². The molecule has 0 bridgehead atoms. The van der Waals surface area contributed by atoms with Gasteiger partial charge in [-0.15, -0.1) is 0 Å². The molecule has 2 aromatic carbocycles. The molecule has 0 saturated heterocycles. The second kappa shape index (κ2) is 18.3. The Kier molecular flexibility index (Phi) is 12.7. The Hall–Kier alpha value is -5.44. The van der Waals surface area contributed by atoms with Gasteiger partial charge in [-0.25, -0.2) is 18.1 Å². The van der Waals surface area contributed by atoms with Gasteiger partial charge in [-0.2, -0.15) is 10.2 Å². The summed E-state index contributed by atoms with van der Waals surface area (Å²) < 4.78 is 38.0. The van der Waals surface area contributed by atoms with E-state index in [4.69, 9.17) is 9.52 Å². The van der Waals surface area contributed by atoms with Crippen LogP contribution < -0.4 is 0 Å². The number of fused-ring (bicyclic) bond motifs is 4. The molecule has 0 spiro atoms. The first-order chi connectivity index (χ1) is 31.8. The van der Waals surface area contributed by atoms with Gasteiger partial charge >= 0.3 is 0 Å². The van der Waals surface area contributed by atoms with Crippen molar-refractivity contribution >= 4 is 20.5 Å². The number of aliphatic hydroxyl groups is 3. The minimum Gasteiger partial charge on any atom is -0.410 e. The van der Waals surface area contributed by atoms with E-state index in [2.05, 4.69) is 48.8 Å². The molecule has 10 nitrogen and oxygen atoms in total. The van der Waals surface area contributed by atoms with Crippen LogP contribution in [0.5, 0.6) is 0 Å². The van der Waals surface area contributed by atoms with E-state index in [1.165, 1.54) is 29.8 Å². The normalized spacial score (nSPS) is 23.9. The first kappa shape index (κ1) is 45.7. The Bertz CT molecular complexity index is 2700. The predicted molar refractivity (Wildman–Crippen MR) is 254 cm³/mol. The highest BCUT2D eigenvalue weighted by Gasteiger charge is 2.60. The van der Waals surface area contributed by atoms with Crippen molar-refractivity contribution in [3.8, 4) is 11.4 Å². The Balaban J connectivity index is 0.000000171. The lowest BCUT2D eigenvalue weighted by Crippen LogP contribution is -2.55. The summed E-state index contributed by atoms with van der Waals surface area (Å²) in [5.74, 6) is -0.587. The van der Waals surface area contributed by atoms with Crippen molar-refractivity contribution in [2.24, 2.45) is 11.3 Å². The lowest BCUT2D eigenvalue weighted by Gasteiger charge is -2.51. The fraction of sp³-hybridized carbons (Fsp3) is 0.396. The fourth-order valence-corrected chi connectivity index (χ4v) is 14.5. The molecule has 6 aromatic rings. The summed E-state index contributed by atoms with van der Waals surface area (Å²) in [4.78, 5) is 8.71. The van der Waals surface area contributed by atoms with Gasteiger partial charge in [0.25, 0.3) is 0 Å². The highest BCUT2D eigenvalue weighted by molar-refractivity contribution is 6.73. The average molecular weight is 911 g/mol. The van der Waals surface area contributed by atoms with Crippen LogP contribution in [0, 0.1) is 23.0 Å². The molecule has 4 aromatic heterocycles. The van der Waals surface area contributed by atoms with Crippen LogP contribution in [0.2, 0.25) is 18.1 Å². The Labute approximate surface area is 386 Å². The lowest BCUT2D eigenvalue weighted by atomic mass is 9.65. The van der Waals surface area contributed by atoms with E-state index in [1.807, 2.05) is 53.4 Å². The van der Waals surface area contributed by atoms with Gasteiger partial charge in [-0.05, 0) is 159 Å². The molecule has 0 amide bonds. The third kappa shape index (κ3) is 8.34. The first-order valence-electron chi connectivity index (χ1n) is 23.5.